The number of hydrogen-bond donors (Lipinski definition) is 1. The van der Waals surface area contributed by atoms with Gasteiger partial charge in [-0.15, -0.1) is 0 Å². The lowest BCUT2D eigenvalue weighted by Crippen LogP contribution is -2.13. The minimum atomic E-state index is -0.216. The summed E-state index contributed by atoms with van der Waals surface area (Å²) in [5, 5.41) is 2.83. The van der Waals surface area contributed by atoms with Crippen LogP contribution in [0.3, 0.4) is 0 Å². The lowest BCUT2D eigenvalue weighted by molar-refractivity contribution is 0.102. The van der Waals surface area contributed by atoms with Crippen LogP contribution >= 0.6 is 0 Å². The van der Waals surface area contributed by atoms with Crippen molar-refractivity contribution < 1.29 is 14.3 Å². The van der Waals surface area contributed by atoms with Crippen LogP contribution in [-0.2, 0) is 0 Å². The molecule has 1 N–H and O–H groups in total. The van der Waals surface area contributed by atoms with Crippen LogP contribution < -0.4 is 10.1 Å². The normalized spacial score (nSPS) is 10.4. The van der Waals surface area contributed by atoms with Crippen LogP contribution in [0, 0.1) is 12.8 Å². The first-order valence-corrected chi connectivity index (χ1v) is 7.60. The molecule has 0 saturated heterocycles. The van der Waals surface area contributed by atoms with Crippen molar-refractivity contribution in [2.45, 2.75) is 20.8 Å². The molecule has 2 aromatic carbocycles. The van der Waals surface area contributed by atoms with Gasteiger partial charge in [-0.2, -0.15) is 0 Å². The third-order valence-corrected chi connectivity index (χ3v) is 3.45. The Morgan fingerprint density at radius 2 is 1.87 bits per heavy atom. The van der Waals surface area contributed by atoms with Crippen molar-refractivity contribution in [3.63, 3.8) is 0 Å². The lowest BCUT2D eigenvalue weighted by Gasteiger charge is -2.11. The molecular weight excluding hydrogens is 290 g/mol. The van der Waals surface area contributed by atoms with E-state index in [0.29, 0.717) is 29.3 Å². The number of carbonyl (C=O) groups excluding carboxylic acids is 2. The van der Waals surface area contributed by atoms with E-state index in [1.54, 1.807) is 42.5 Å². The van der Waals surface area contributed by atoms with Gasteiger partial charge in [0.25, 0.3) is 5.91 Å². The molecule has 0 aliphatic rings. The highest BCUT2D eigenvalue weighted by molar-refractivity contribution is 6.05. The molecule has 0 atom stereocenters. The number of carbonyl (C=O) groups is 2. The first-order valence-electron chi connectivity index (χ1n) is 7.60. The molecule has 4 heteroatoms. The van der Waals surface area contributed by atoms with Crippen molar-refractivity contribution >= 4 is 17.9 Å². The lowest BCUT2D eigenvalue weighted by atomic mass is 10.1. The van der Waals surface area contributed by atoms with Gasteiger partial charge in [0.1, 0.15) is 12.0 Å². The van der Waals surface area contributed by atoms with E-state index in [9.17, 15) is 9.59 Å². The van der Waals surface area contributed by atoms with E-state index in [4.69, 9.17) is 4.74 Å². The second-order valence-electron chi connectivity index (χ2n) is 5.82. The van der Waals surface area contributed by atoms with Gasteiger partial charge < -0.3 is 10.1 Å². The molecule has 0 bridgehead atoms. The predicted molar refractivity (Wildman–Crippen MR) is 91.3 cm³/mol. The third-order valence-electron chi connectivity index (χ3n) is 3.45. The van der Waals surface area contributed by atoms with Crippen molar-refractivity contribution in [1.29, 1.82) is 0 Å². The zero-order valence-corrected chi connectivity index (χ0v) is 13.6. The SMILES string of the molecule is Cc1c(C=O)cccc1NC(=O)c1ccc(OCC(C)C)cc1. The second kappa shape index (κ2) is 7.58. The summed E-state index contributed by atoms with van der Waals surface area (Å²) in [5.74, 6) is 0.979. The molecule has 23 heavy (non-hydrogen) atoms. The molecule has 0 aliphatic heterocycles. The van der Waals surface area contributed by atoms with Gasteiger partial charge in [-0.05, 0) is 48.7 Å². The molecule has 1 amide bonds. The number of anilines is 1. The summed E-state index contributed by atoms with van der Waals surface area (Å²) >= 11 is 0. The number of aldehydes is 1. The summed E-state index contributed by atoms with van der Waals surface area (Å²) < 4.78 is 5.60. The number of benzene rings is 2. The summed E-state index contributed by atoms with van der Waals surface area (Å²) in [6.45, 7) is 6.61. The maximum Gasteiger partial charge on any atom is 0.255 e. The van der Waals surface area contributed by atoms with Crippen molar-refractivity contribution in [1.82, 2.24) is 0 Å². The van der Waals surface area contributed by atoms with Gasteiger partial charge in [0.05, 0.1) is 6.61 Å². The van der Waals surface area contributed by atoms with E-state index in [1.807, 2.05) is 6.92 Å². The van der Waals surface area contributed by atoms with Gasteiger partial charge in [-0.1, -0.05) is 26.0 Å². The minimum absolute atomic E-state index is 0.216. The fraction of sp³-hybridized carbons (Fsp3) is 0.263. The van der Waals surface area contributed by atoms with Crippen molar-refractivity contribution in [2.75, 3.05) is 11.9 Å². The van der Waals surface area contributed by atoms with Gasteiger partial charge >= 0.3 is 0 Å². The van der Waals surface area contributed by atoms with Crippen LogP contribution in [0.2, 0.25) is 0 Å². The van der Waals surface area contributed by atoms with E-state index in [1.165, 1.54) is 0 Å². The molecule has 0 fully saturated rings. The molecule has 0 unspecified atom stereocenters. The average molecular weight is 311 g/mol. The first kappa shape index (κ1) is 16.7. The Morgan fingerprint density at radius 1 is 1.17 bits per heavy atom. The van der Waals surface area contributed by atoms with Crippen LogP contribution in [0.1, 0.15) is 40.1 Å². The van der Waals surface area contributed by atoms with E-state index >= 15 is 0 Å². The van der Waals surface area contributed by atoms with Crippen molar-refractivity contribution in [3.05, 3.63) is 59.2 Å². The Labute approximate surface area is 136 Å². The zero-order valence-electron chi connectivity index (χ0n) is 13.6. The van der Waals surface area contributed by atoms with Gasteiger partial charge in [-0.25, -0.2) is 0 Å². The first-order chi connectivity index (χ1) is 11.0. The molecule has 2 aromatic rings. The van der Waals surface area contributed by atoms with Crippen molar-refractivity contribution in [2.24, 2.45) is 5.92 Å². The van der Waals surface area contributed by atoms with E-state index < -0.39 is 0 Å². The molecule has 0 radical (unpaired) electrons. The number of nitrogens with one attached hydrogen (secondary N) is 1. The smallest absolute Gasteiger partial charge is 0.255 e. The van der Waals surface area contributed by atoms with Crippen LogP contribution in [0.5, 0.6) is 5.75 Å². The fourth-order valence-electron chi connectivity index (χ4n) is 2.08. The Morgan fingerprint density at radius 3 is 2.48 bits per heavy atom. The molecule has 0 aromatic heterocycles. The predicted octanol–water partition coefficient (Wildman–Crippen LogP) is 4.09. The maximum absolute atomic E-state index is 12.3. The standard InChI is InChI=1S/C19H21NO3/c1-13(2)12-23-17-9-7-15(8-10-17)19(22)20-18-6-4-5-16(11-21)14(18)3/h4-11,13H,12H2,1-3H3,(H,20,22). The fourth-order valence-corrected chi connectivity index (χ4v) is 2.08. The molecule has 0 heterocycles. The Bertz CT molecular complexity index is 690. The topological polar surface area (TPSA) is 55.4 Å². The van der Waals surface area contributed by atoms with Crippen molar-refractivity contribution in [3.8, 4) is 5.75 Å². The number of amides is 1. The summed E-state index contributed by atoms with van der Waals surface area (Å²) in [4.78, 5) is 23.3. The number of rotatable bonds is 6. The van der Waals surface area contributed by atoms with Gasteiger partial charge in [-0.3, -0.25) is 9.59 Å². The highest BCUT2D eigenvalue weighted by atomic mass is 16.5. The highest BCUT2D eigenvalue weighted by Gasteiger charge is 2.09. The van der Waals surface area contributed by atoms with Crippen LogP contribution in [0.15, 0.2) is 42.5 Å². The summed E-state index contributed by atoms with van der Waals surface area (Å²) in [6, 6.07) is 12.3. The number of hydrogen-bond acceptors (Lipinski definition) is 3. The largest absolute Gasteiger partial charge is 0.493 e. The van der Waals surface area contributed by atoms with Crippen LogP contribution in [0.25, 0.3) is 0 Å². The third kappa shape index (κ3) is 4.42. The van der Waals surface area contributed by atoms with Gasteiger partial charge in [0, 0.05) is 16.8 Å². The molecular formula is C19H21NO3. The molecule has 120 valence electrons. The van der Waals surface area contributed by atoms with E-state index in [-0.39, 0.29) is 5.91 Å². The highest BCUT2D eigenvalue weighted by Crippen LogP contribution is 2.19. The maximum atomic E-state index is 12.3. The summed E-state index contributed by atoms with van der Waals surface area (Å²) in [6.07, 6.45) is 0.784. The molecule has 0 spiro atoms. The Hall–Kier alpha value is -2.62. The summed E-state index contributed by atoms with van der Waals surface area (Å²) in [7, 11) is 0. The number of ether oxygens (including phenoxy) is 1. The quantitative estimate of drug-likeness (QED) is 0.817. The Kier molecular flexibility index (Phi) is 5.52. The Balaban J connectivity index is 2.08. The molecule has 4 nitrogen and oxygen atoms in total. The van der Waals surface area contributed by atoms with E-state index in [0.717, 1.165) is 17.6 Å². The van der Waals surface area contributed by atoms with Gasteiger partial charge in [0.15, 0.2) is 0 Å². The molecule has 0 saturated carbocycles. The van der Waals surface area contributed by atoms with Crippen LogP contribution in [-0.4, -0.2) is 18.8 Å². The zero-order chi connectivity index (χ0) is 16.8. The molecule has 0 aliphatic carbocycles. The monoisotopic (exact) mass is 311 g/mol. The average Bonchev–Trinajstić information content (AvgIpc) is 2.55. The summed E-state index contributed by atoms with van der Waals surface area (Å²) in [5.41, 5.74) is 2.51. The second-order valence-corrected chi connectivity index (χ2v) is 5.82. The van der Waals surface area contributed by atoms with Crippen LogP contribution in [0.4, 0.5) is 5.69 Å². The van der Waals surface area contributed by atoms with E-state index in [2.05, 4.69) is 19.2 Å². The minimum Gasteiger partial charge on any atom is -0.493 e. The molecule has 2 rings (SSSR count). The van der Waals surface area contributed by atoms with Gasteiger partial charge in [0.2, 0.25) is 0 Å².